The second-order valence-corrected chi connectivity index (χ2v) is 5.35. The van der Waals surface area contributed by atoms with E-state index in [2.05, 4.69) is 22.2 Å². The summed E-state index contributed by atoms with van der Waals surface area (Å²) in [4.78, 5) is 21.0. The lowest BCUT2D eigenvalue weighted by Crippen LogP contribution is -2.36. The first-order valence-electron chi connectivity index (χ1n) is 7.75. The molecule has 0 fully saturated rings. The van der Waals surface area contributed by atoms with E-state index in [9.17, 15) is 4.79 Å². The molecule has 1 heterocycles. The summed E-state index contributed by atoms with van der Waals surface area (Å²) in [5, 5.41) is 3.44. The van der Waals surface area contributed by atoms with Gasteiger partial charge in [-0.05, 0) is 42.3 Å². The fraction of sp³-hybridized carbons (Fsp3) is 0.105. The molecule has 1 aromatic heterocycles. The van der Waals surface area contributed by atoms with Gasteiger partial charge in [-0.1, -0.05) is 31.2 Å². The number of fused-ring (bicyclic) bond motifs is 1. The molecule has 0 aliphatic heterocycles. The Morgan fingerprint density at radius 3 is 2.71 bits per heavy atom. The van der Waals surface area contributed by atoms with Crippen molar-refractivity contribution in [2.24, 2.45) is 10.7 Å². The molecule has 0 unspecified atom stereocenters. The molecule has 0 saturated carbocycles. The highest BCUT2D eigenvalue weighted by molar-refractivity contribution is 6.12. The predicted molar refractivity (Wildman–Crippen MR) is 96.3 cm³/mol. The van der Waals surface area contributed by atoms with Crippen molar-refractivity contribution in [2.75, 3.05) is 0 Å². The number of para-hydroxylation sites is 1. The number of aryl methyl sites for hydroxylation is 1. The van der Waals surface area contributed by atoms with Gasteiger partial charge in [-0.2, -0.15) is 0 Å². The molecule has 3 aromatic rings. The summed E-state index contributed by atoms with van der Waals surface area (Å²) in [5.41, 5.74) is 8.98. The SMILES string of the molecule is CCc1ccc2nccc(C(=O)NC(N)=Nc3ccccc3)c2c1. The van der Waals surface area contributed by atoms with Crippen molar-refractivity contribution >= 4 is 28.5 Å². The number of rotatable bonds is 3. The number of hydrogen-bond acceptors (Lipinski definition) is 3. The molecule has 0 radical (unpaired) electrons. The molecule has 0 saturated heterocycles. The first-order chi connectivity index (χ1) is 11.7. The van der Waals surface area contributed by atoms with Gasteiger partial charge >= 0.3 is 0 Å². The third-order valence-electron chi connectivity index (χ3n) is 3.71. The van der Waals surface area contributed by atoms with Gasteiger partial charge in [0.05, 0.1) is 16.8 Å². The molecular weight excluding hydrogens is 300 g/mol. The Hall–Kier alpha value is -3.21. The summed E-state index contributed by atoms with van der Waals surface area (Å²) in [7, 11) is 0. The van der Waals surface area contributed by atoms with Crippen molar-refractivity contribution < 1.29 is 4.79 Å². The maximum atomic E-state index is 12.6. The van der Waals surface area contributed by atoms with Gasteiger partial charge in [0.1, 0.15) is 0 Å². The van der Waals surface area contributed by atoms with Crippen molar-refractivity contribution in [3.05, 3.63) is 71.9 Å². The number of aromatic nitrogens is 1. The van der Waals surface area contributed by atoms with Gasteiger partial charge < -0.3 is 5.73 Å². The van der Waals surface area contributed by atoms with E-state index >= 15 is 0 Å². The molecule has 3 rings (SSSR count). The molecule has 24 heavy (non-hydrogen) atoms. The minimum Gasteiger partial charge on any atom is -0.369 e. The summed E-state index contributed by atoms with van der Waals surface area (Å²) >= 11 is 0. The largest absolute Gasteiger partial charge is 0.369 e. The van der Waals surface area contributed by atoms with Gasteiger partial charge in [0.25, 0.3) is 5.91 Å². The fourth-order valence-corrected chi connectivity index (χ4v) is 2.46. The van der Waals surface area contributed by atoms with E-state index in [0.717, 1.165) is 22.9 Å². The molecule has 0 spiro atoms. The van der Waals surface area contributed by atoms with Crippen molar-refractivity contribution in [1.29, 1.82) is 0 Å². The van der Waals surface area contributed by atoms with Crippen molar-refractivity contribution in [3.8, 4) is 0 Å². The van der Waals surface area contributed by atoms with Crippen LogP contribution >= 0.6 is 0 Å². The van der Waals surface area contributed by atoms with E-state index in [4.69, 9.17) is 5.73 Å². The number of hydrogen-bond donors (Lipinski definition) is 2. The molecule has 0 bridgehead atoms. The molecule has 5 nitrogen and oxygen atoms in total. The van der Waals surface area contributed by atoms with E-state index in [0.29, 0.717) is 11.3 Å². The van der Waals surface area contributed by atoms with Gasteiger partial charge in [-0.3, -0.25) is 15.1 Å². The summed E-state index contributed by atoms with van der Waals surface area (Å²) in [6.07, 6.45) is 2.51. The Morgan fingerprint density at radius 2 is 1.96 bits per heavy atom. The van der Waals surface area contributed by atoms with Crippen molar-refractivity contribution in [2.45, 2.75) is 13.3 Å². The lowest BCUT2D eigenvalue weighted by Gasteiger charge is -2.08. The Labute approximate surface area is 140 Å². The highest BCUT2D eigenvalue weighted by Crippen LogP contribution is 2.19. The average molecular weight is 318 g/mol. The van der Waals surface area contributed by atoms with Crippen molar-refractivity contribution in [1.82, 2.24) is 10.3 Å². The number of nitrogens with two attached hydrogens (primary N) is 1. The first-order valence-corrected chi connectivity index (χ1v) is 7.75. The fourth-order valence-electron chi connectivity index (χ4n) is 2.46. The van der Waals surface area contributed by atoms with E-state index < -0.39 is 0 Å². The summed E-state index contributed by atoms with van der Waals surface area (Å²) in [6, 6.07) is 16.8. The minimum absolute atomic E-state index is 0.0582. The number of amides is 1. The van der Waals surface area contributed by atoms with Crippen LogP contribution in [0, 0.1) is 0 Å². The summed E-state index contributed by atoms with van der Waals surface area (Å²) in [6.45, 7) is 2.07. The van der Waals surface area contributed by atoms with Crippen LogP contribution in [-0.4, -0.2) is 16.9 Å². The maximum Gasteiger partial charge on any atom is 0.258 e. The number of pyridine rings is 1. The van der Waals surface area contributed by atoms with Gasteiger partial charge in [0.15, 0.2) is 0 Å². The molecule has 0 aliphatic carbocycles. The van der Waals surface area contributed by atoms with E-state index in [1.54, 1.807) is 12.3 Å². The smallest absolute Gasteiger partial charge is 0.258 e. The Kier molecular flexibility index (Phi) is 4.52. The number of carbonyl (C=O) groups excluding carboxylic acids is 1. The van der Waals surface area contributed by atoms with Gasteiger partial charge in [-0.15, -0.1) is 0 Å². The van der Waals surface area contributed by atoms with Crippen LogP contribution in [0.25, 0.3) is 10.9 Å². The number of benzene rings is 2. The van der Waals surface area contributed by atoms with Crippen LogP contribution in [0.2, 0.25) is 0 Å². The first kappa shape index (κ1) is 15.7. The van der Waals surface area contributed by atoms with Crippen molar-refractivity contribution in [3.63, 3.8) is 0 Å². The third kappa shape index (κ3) is 3.41. The Morgan fingerprint density at radius 1 is 1.17 bits per heavy atom. The molecule has 0 aliphatic rings. The maximum absolute atomic E-state index is 12.6. The van der Waals surface area contributed by atoms with Crippen LogP contribution in [-0.2, 0) is 6.42 Å². The zero-order valence-corrected chi connectivity index (χ0v) is 13.4. The minimum atomic E-state index is -0.298. The monoisotopic (exact) mass is 318 g/mol. The van der Waals surface area contributed by atoms with Gasteiger partial charge in [-0.25, -0.2) is 4.99 Å². The molecule has 3 N–H and O–H groups in total. The predicted octanol–water partition coefficient (Wildman–Crippen LogP) is 3.17. The molecule has 120 valence electrons. The third-order valence-corrected chi connectivity index (χ3v) is 3.71. The Balaban J connectivity index is 1.90. The van der Waals surface area contributed by atoms with Gasteiger partial charge in [0, 0.05) is 11.6 Å². The standard InChI is InChI=1S/C19H18N4O/c1-2-13-8-9-17-16(12-13)15(10-11-21-17)18(24)23-19(20)22-14-6-4-3-5-7-14/h3-12H,2H2,1H3,(H3,20,22,23,24). The van der Waals surface area contributed by atoms with Crippen LogP contribution in [0.15, 0.2) is 65.8 Å². The van der Waals surface area contributed by atoms with Crippen LogP contribution < -0.4 is 11.1 Å². The average Bonchev–Trinajstić information content (AvgIpc) is 2.61. The topological polar surface area (TPSA) is 80.4 Å². The zero-order chi connectivity index (χ0) is 16.9. The van der Waals surface area contributed by atoms with E-state index in [1.165, 1.54) is 0 Å². The van der Waals surface area contributed by atoms with Crippen LogP contribution in [0.5, 0.6) is 0 Å². The number of aliphatic imine (C=N–C) groups is 1. The van der Waals surface area contributed by atoms with Crippen LogP contribution in [0.1, 0.15) is 22.8 Å². The van der Waals surface area contributed by atoms with Crippen LogP contribution in [0.4, 0.5) is 5.69 Å². The second-order valence-electron chi connectivity index (χ2n) is 5.35. The lowest BCUT2D eigenvalue weighted by molar-refractivity contribution is 0.0978. The Bertz CT molecular complexity index is 904. The molecule has 5 heteroatoms. The molecule has 2 aromatic carbocycles. The molecule has 0 atom stereocenters. The number of nitrogens with zero attached hydrogens (tertiary/aromatic N) is 2. The number of carbonyl (C=O) groups is 1. The zero-order valence-electron chi connectivity index (χ0n) is 13.4. The second kappa shape index (κ2) is 6.91. The highest BCUT2D eigenvalue weighted by Gasteiger charge is 2.12. The van der Waals surface area contributed by atoms with Gasteiger partial charge in [0.2, 0.25) is 5.96 Å². The number of guanidine groups is 1. The van der Waals surface area contributed by atoms with E-state index in [1.807, 2.05) is 48.5 Å². The highest BCUT2D eigenvalue weighted by atomic mass is 16.1. The lowest BCUT2D eigenvalue weighted by atomic mass is 10.0. The number of nitrogens with one attached hydrogen (secondary N) is 1. The molecular formula is C19H18N4O. The van der Waals surface area contributed by atoms with Crippen LogP contribution in [0.3, 0.4) is 0 Å². The summed E-state index contributed by atoms with van der Waals surface area (Å²) < 4.78 is 0. The molecule has 1 amide bonds. The quantitative estimate of drug-likeness (QED) is 0.575. The van der Waals surface area contributed by atoms with E-state index in [-0.39, 0.29) is 11.9 Å². The summed E-state index contributed by atoms with van der Waals surface area (Å²) in [5.74, 6) is -0.240. The normalized spacial score (nSPS) is 11.5.